The molecule has 0 aromatic rings. The molecule has 0 spiro atoms. The molecule has 0 aliphatic carbocycles. The molecule has 1 atom stereocenters. The van der Waals surface area contributed by atoms with Crippen LogP contribution in [-0.2, 0) is 9.53 Å². The maximum atomic E-state index is 11.0. The number of halogens is 1. The lowest BCUT2D eigenvalue weighted by atomic mass is 9.87. The fraction of sp³-hybridized carbons (Fsp3) is 0.800. The van der Waals surface area contributed by atoms with Gasteiger partial charge in [-0.05, 0) is 32.6 Å². The van der Waals surface area contributed by atoms with E-state index in [1.807, 2.05) is 0 Å². The number of esters is 1. The summed E-state index contributed by atoms with van der Waals surface area (Å²) in [5.41, 5.74) is 0. The van der Waals surface area contributed by atoms with E-state index in [0.29, 0.717) is 12.5 Å². The largest absolute Gasteiger partial charge is 0.463 e. The van der Waals surface area contributed by atoms with Crippen LogP contribution in [0.2, 0.25) is 0 Å². The quantitative estimate of drug-likeness (QED) is 0.249. The van der Waals surface area contributed by atoms with Crippen molar-refractivity contribution in [2.45, 2.75) is 63.6 Å². The van der Waals surface area contributed by atoms with Crippen LogP contribution in [0.25, 0.3) is 0 Å². The van der Waals surface area contributed by atoms with E-state index in [0.717, 1.165) is 6.42 Å². The monoisotopic (exact) mass is 318 g/mol. The van der Waals surface area contributed by atoms with Crippen molar-refractivity contribution in [1.82, 2.24) is 0 Å². The second kappa shape index (κ2) is 9.60. The van der Waals surface area contributed by atoms with Crippen LogP contribution in [-0.4, -0.2) is 16.9 Å². The van der Waals surface area contributed by atoms with Crippen molar-refractivity contribution in [3.8, 4) is 0 Å². The van der Waals surface area contributed by atoms with E-state index in [1.165, 1.54) is 38.2 Å². The molecule has 0 rings (SSSR count). The Kier molecular flexibility index (Phi) is 9.43. The van der Waals surface area contributed by atoms with Gasteiger partial charge in [0.2, 0.25) is 0 Å². The highest BCUT2D eigenvalue weighted by Gasteiger charge is 2.25. The van der Waals surface area contributed by atoms with Crippen molar-refractivity contribution in [1.29, 1.82) is 0 Å². The first-order valence-electron chi connectivity index (χ1n) is 6.90. The maximum absolute atomic E-state index is 11.0. The molecular weight excluding hydrogens is 292 g/mol. The highest BCUT2D eigenvalue weighted by Crippen LogP contribution is 2.33. The normalized spacial score (nSPS) is 13.1. The third-order valence-electron chi connectivity index (χ3n) is 3.25. The summed E-state index contributed by atoms with van der Waals surface area (Å²) in [5, 5.41) is 0. The van der Waals surface area contributed by atoms with Crippen molar-refractivity contribution in [2.75, 3.05) is 6.61 Å². The molecule has 0 bridgehead atoms. The molecule has 0 aromatic heterocycles. The van der Waals surface area contributed by atoms with Gasteiger partial charge in [-0.2, -0.15) is 0 Å². The Bertz CT molecular complexity index is 243. The van der Waals surface area contributed by atoms with Crippen LogP contribution in [0.4, 0.5) is 0 Å². The number of hydrogen-bond acceptors (Lipinski definition) is 2. The minimum absolute atomic E-state index is 0.0970. The number of rotatable bonds is 10. The Morgan fingerprint density at radius 2 is 2.00 bits per heavy atom. The first kappa shape index (κ1) is 17.7. The molecule has 0 saturated carbocycles. The number of carbonyl (C=O) groups is 1. The molecular formula is C15H27BrO2. The van der Waals surface area contributed by atoms with Crippen LogP contribution in [0.15, 0.2) is 12.7 Å². The second-order valence-electron chi connectivity index (χ2n) is 5.27. The molecule has 0 saturated heterocycles. The van der Waals surface area contributed by atoms with E-state index in [4.69, 9.17) is 4.74 Å². The average Bonchev–Trinajstić information content (AvgIpc) is 2.30. The van der Waals surface area contributed by atoms with E-state index < -0.39 is 0 Å². The molecule has 1 unspecified atom stereocenters. The van der Waals surface area contributed by atoms with Crippen LogP contribution in [0.3, 0.4) is 0 Å². The topological polar surface area (TPSA) is 26.3 Å². The van der Waals surface area contributed by atoms with Gasteiger partial charge in [0.1, 0.15) is 0 Å². The van der Waals surface area contributed by atoms with Crippen molar-refractivity contribution in [3.63, 3.8) is 0 Å². The summed E-state index contributed by atoms with van der Waals surface area (Å²) in [7, 11) is 0. The Labute approximate surface area is 120 Å². The number of ether oxygens (including phenoxy) is 1. The fourth-order valence-corrected chi connectivity index (χ4v) is 2.47. The van der Waals surface area contributed by atoms with Gasteiger partial charge in [0.15, 0.2) is 0 Å². The first-order valence-corrected chi connectivity index (χ1v) is 7.69. The van der Waals surface area contributed by atoms with Crippen LogP contribution >= 0.6 is 15.9 Å². The smallest absolute Gasteiger partial charge is 0.330 e. The zero-order chi connectivity index (χ0) is 14.0. The van der Waals surface area contributed by atoms with Crippen LogP contribution in [0.1, 0.15) is 59.3 Å². The Morgan fingerprint density at radius 1 is 1.33 bits per heavy atom. The fourth-order valence-electron chi connectivity index (χ4n) is 2.01. The molecule has 0 aromatic carbocycles. The summed E-state index contributed by atoms with van der Waals surface area (Å²) >= 11 is 3.74. The first-order chi connectivity index (χ1) is 8.41. The van der Waals surface area contributed by atoms with Crippen molar-refractivity contribution in [2.24, 2.45) is 5.92 Å². The third kappa shape index (κ3) is 8.73. The molecule has 3 heteroatoms. The third-order valence-corrected chi connectivity index (χ3v) is 3.90. The molecule has 0 N–H and O–H groups in total. The highest BCUT2D eigenvalue weighted by atomic mass is 79.9. The van der Waals surface area contributed by atoms with Gasteiger partial charge in [0, 0.05) is 10.4 Å². The lowest BCUT2D eigenvalue weighted by Crippen LogP contribution is -2.26. The van der Waals surface area contributed by atoms with E-state index in [2.05, 4.69) is 43.3 Å². The summed E-state index contributed by atoms with van der Waals surface area (Å²) in [6.07, 6.45) is 8.43. The van der Waals surface area contributed by atoms with E-state index in [-0.39, 0.29) is 10.3 Å². The van der Waals surface area contributed by atoms with Crippen molar-refractivity contribution in [3.05, 3.63) is 12.7 Å². The van der Waals surface area contributed by atoms with Crippen molar-refractivity contribution < 1.29 is 9.53 Å². The van der Waals surface area contributed by atoms with Gasteiger partial charge in [-0.25, -0.2) is 4.79 Å². The number of carbonyl (C=O) groups excluding carboxylic acids is 1. The molecule has 18 heavy (non-hydrogen) atoms. The van der Waals surface area contributed by atoms with E-state index in [1.54, 1.807) is 0 Å². The molecule has 0 aliphatic heterocycles. The van der Waals surface area contributed by atoms with Gasteiger partial charge in [-0.15, -0.1) is 0 Å². The highest BCUT2D eigenvalue weighted by molar-refractivity contribution is 9.10. The standard InChI is InChI=1S/C15H27BrO2/c1-5-7-8-9-10-13(15(3,4)16)11-12-18-14(17)6-2/h6,13H,2,5,7-12H2,1,3-4H3. The molecule has 0 fully saturated rings. The van der Waals surface area contributed by atoms with Gasteiger partial charge in [-0.1, -0.05) is 55.1 Å². The molecule has 106 valence electrons. The molecule has 0 heterocycles. The van der Waals surface area contributed by atoms with E-state index in [9.17, 15) is 4.79 Å². The van der Waals surface area contributed by atoms with Gasteiger partial charge < -0.3 is 4.74 Å². The SMILES string of the molecule is C=CC(=O)OCCC(CCCCCC)C(C)(C)Br. The number of unbranched alkanes of at least 4 members (excludes halogenated alkanes) is 3. The minimum Gasteiger partial charge on any atom is -0.463 e. The lowest BCUT2D eigenvalue weighted by molar-refractivity contribution is -0.138. The van der Waals surface area contributed by atoms with Crippen LogP contribution < -0.4 is 0 Å². The lowest BCUT2D eigenvalue weighted by Gasteiger charge is -2.29. The zero-order valence-corrected chi connectivity index (χ0v) is 13.6. The number of alkyl halides is 1. The summed E-state index contributed by atoms with van der Waals surface area (Å²) in [6, 6.07) is 0. The van der Waals surface area contributed by atoms with Gasteiger partial charge in [-0.3, -0.25) is 0 Å². The Balaban J connectivity index is 4.00. The zero-order valence-electron chi connectivity index (χ0n) is 12.0. The second-order valence-corrected chi connectivity index (χ2v) is 7.31. The van der Waals surface area contributed by atoms with Crippen LogP contribution in [0, 0.1) is 5.92 Å². The van der Waals surface area contributed by atoms with Gasteiger partial charge >= 0.3 is 5.97 Å². The predicted molar refractivity (Wildman–Crippen MR) is 81.0 cm³/mol. The Morgan fingerprint density at radius 3 is 2.50 bits per heavy atom. The number of hydrogen-bond donors (Lipinski definition) is 0. The predicted octanol–water partition coefficient (Wildman–Crippen LogP) is 4.87. The molecule has 0 aliphatic rings. The molecule has 0 radical (unpaired) electrons. The maximum Gasteiger partial charge on any atom is 0.330 e. The Hall–Kier alpha value is -0.310. The summed E-state index contributed by atoms with van der Waals surface area (Å²) in [6.45, 7) is 10.5. The van der Waals surface area contributed by atoms with Crippen molar-refractivity contribution >= 4 is 21.9 Å². The molecule has 2 nitrogen and oxygen atoms in total. The summed E-state index contributed by atoms with van der Waals surface area (Å²) < 4.78 is 5.16. The minimum atomic E-state index is -0.327. The van der Waals surface area contributed by atoms with Gasteiger partial charge in [0.05, 0.1) is 6.61 Å². The molecule has 0 amide bonds. The van der Waals surface area contributed by atoms with Crippen LogP contribution in [0.5, 0.6) is 0 Å². The van der Waals surface area contributed by atoms with Gasteiger partial charge in [0.25, 0.3) is 0 Å². The summed E-state index contributed by atoms with van der Waals surface area (Å²) in [4.78, 5) is 11.0. The van der Waals surface area contributed by atoms with E-state index >= 15 is 0 Å². The summed E-state index contributed by atoms with van der Waals surface area (Å²) in [5.74, 6) is 0.207. The average molecular weight is 319 g/mol.